The first-order valence-electron chi connectivity index (χ1n) is 6.34. The number of tetrazole rings is 1. The van der Waals surface area contributed by atoms with Crippen molar-refractivity contribution < 1.29 is 4.74 Å². The summed E-state index contributed by atoms with van der Waals surface area (Å²) in [6.07, 6.45) is 6.53. The summed E-state index contributed by atoms with van der Waals surface area (Å²) in [7, 11) is 1.76. The molecule has 1 aromatic rings. The van der Waals surface area contributed by atoms with E-state index in [0.717, 1.165) is 31.6 Å². The zero-order chi connectivity index (χ0) is 12.1. The number of rotatable bonds is 5. The number of nitrogens with zero attached hydrogens (tertiary/aromatic N) is 4. The summed E-state index contributed by atoms with van der Waals surface area (Å²) in [4.78, 5) is 0. The third kappa shape index (κ3) is 2.47. The standard InChI is InChI=1S/C11H21N5O/c1-17-11(6-3-2-4-7-11)10-13-14-15-16(10)9-5-8-12/h2-9,12H2,1H3. The molecule has 0 amide bonds. The highest BCUT2D eigenvalue weighted by atomic mass is 16.5. The van der Waals surface area contributed by atoms with Gasteiger partial charge in [0, 0.05) is 13.7 Å². The molecule has 0 spiro atoms. The maximum absolute atomic E-state index is 5.75. The van der Waals surface area contributed by atoms with E-state index in [4.69, 9.17) is 10.5 Å². The lowest BCUT2D eigenvalue weighted by molar-refractivity contribution is -0.0548. The Labute approximate surface area is 102 Å². The number of nitrogens with two attached hydrogens (primary N) is 1. The summed E-state index contributed by atoms with van der Waals surface area (Å²) < 4.78 is 7.60. The number of methoxy groups -OCH3 is 1. The van der Waals surface area contributed by atoms with Crippen LogP contribution in [0.3, 0.4) is 0 Å². The van der Waals surface area contributed by atoms with Crippen molar-refractivity contribution in [2.24, 2.45) is 5.73 Å². The molecule has 0 saturated heterocycles. The first-order chi connectivity index (χ1) is 8.32. The molecule has 1 aliphatic carbocycles. The summed E-state index contributed by atoms with van der Waals surface area (Å²) >= 11 is 0. The fraction of sp³-hybridized carbons (Fsp3) is 0.909. The fourth-order valence-corrected chi connectivity index (χ4v) is 2.56. The van der Waals surface area contributed by atoms with Crippen molar-refractivity contribution in [1.29, 1.82) is 0 Å². The topological polar surface area (TPSA) is 78.9 Å². The zero-order valence-corrected chi connectivity index (χ0v) is 10.4. The molecule has 1 aliphatic rings. The second kappa shape index (κ2) is 5.55. The summed E-state index contributed by atoms with van der Waals surface area (Å²) in [6.45, 7) is 1.42. The van der Waals surface area contributed by atoms with E-state index in [1.165, 1.54) is 19.3 Å². The van der Waals surface area contributed by atoms with Gasteiger partial charge in [-0.3, -0.25) is 0 Å². The molecule has 0 radical (unpaired) electrons. The number of ether oxygens (including phenoxy) is 1. The molecule has 1 fully saturated rings. The van der Waals surface area contributed by atoms with Gasteiger partial charge in [-0.1, -0.05) is 19.3 Å². The maximum Gasteiger partial charge on any atom is 0.183 e. The Hall–Kier alpha value is -1.01. The van der Waals surface area contributed by atoms with E-state index < -0.39 is 0 Å². The van der Waals surface area contributed by atoms with Gasteiger partial charge in [-0.15, -0.1) is 5.10 Å². The monoisotopic (exact) mass is 239 g/mol. The van der Waals surface area contributed by atoms with E-state index >= 15 is 0 Å². The third-order valence-electron chi connectivity index (χ3n) is 3.57. The van der Waals surface area contributed by atoms with E-state index in [2.05, 4.69) is 15.5 Å². The Morgan fingerprint density at radius 2 is 2.12 bits per heavy atom. The van der Waals surface area contributed by atoms with Gasteiger partial charge in [0.15, 0.2) is 5.82 Å². The highest BCUT2D eigenvalue weighted by Gasteiger charge is 2.38. The smallest absolute Gasteiger partial charge is 0.183 e. The molecule has 0 aliphatic heterocycles. The van der Waals surface area contributed by atoms with Crippen molar-refractivity contribution in [2.75, 3.05) is 13.7 Å². The number of hydrogen-bond donors (Lipinski definition) is 1. The molecule has 1 aromatic heterocycles. The molecule has 0 aromatic carbocycles. The van der Waals surface area contributed by atoms with Crippen LogP contribution in [-0.2, 0) is 16.9 Å². The molecule has 0 unspecified atom stereocenters. The highest BCUT2D eigenvalue weighted by molar-refractivity contribution is 5.02. The van der Waals surface area contributed by atoms with E-state index in [9.17, 15) is 0 Å². The van der Waals surface area contributed by atoms with Crippen molar-refractivity contribution in [1.82, 2.24) is 20.2 Å². The minimum Gasteiger partial charge on any atom is -0.370 e. The van der Waals surface area contributed by atoms with Crippen LogP contribution >= 0.6 is 0 Å². The van der Waals surface area contributed by atoms with E-state index in [1.807, 2.05) is 4.68 Å². The summed E-state index contributed by atoms with van der Waals surface area (Å²) in [5.41, 5.74) is 5.24. The Morgan fingerprint density at radius 1 is 1.35 bits per heavy atom. The lowest BCUT2D eigenvalue weighted by Gasteiger charge is -2.34. The van der Waals surface area contributed by atoms with Crippen molar-refractivity contribution >= 4 is 0 Å². The quantitative estimate of drug-likeness (QED) is 0.823. The molecule has 1 saturated carbocycles. The predicted molar refractivity (Wildman–Crippen MR) is 63.3 cm³/mol. The molecule has 17 heavy (non-hydrogen) atoms. The Kier molecular flexibility index (Phi) is 4.06. The Morgan fingerprint density at radius 3 is 2.76 bits per heavy atom. The Balaban J connectivity index is 2.20. The van der Waals surface area contributed by atoms with Gasteiger partial charge in [0.05, 0.1) is 0 Å². The van der Waals surface area contributed by atoms with Gasteiger partial charge in [-0.05, 0) is 36.2 Å². The van der Waals surface area contributed by atoms with Crippen LogP contribution in [0.15, 0.2) is 0 Å². The maximum atomic E-state index is 5.75. The van der Waals surface area contributed by atoms with Crippen LogP contribution in [0.1, 0.15) is 44.3 Å². The Bertz CT molecular complexity index is 345. The van der Waals surface area contributed by atoms with Crippen molar-refractivity contribution in [3.05, 3.63) is 5.82 Å². The number of aryl methyl sites for hydroxylation is 1. The van der Waals surface area contributed by atoms with Crippen molar-refractivity contribution in [2.45, 2.75) is 50.7 Å². The summed E-state index contributed by atoms with van der Waals surface area (Å²) in [5, 5.41) is 12.0. The van der Waals surface area contributed by atoms with E-state index in [0.29, 0.717) is 6.54 Å². The van der Waals surface area contributed by atoms with Gasteiger partial charge in [-0.25, -0.2) is 4.68 Å². The first kappa shape index (κ1) is 12.4. The van der Waals surface area contributed by atoms with E-state index in [-0.39, 0.29) is 5.60 Å². The highest BCUT2D eigenvalue weighted by Crippen LogP contribution is 2.38. The minimum absolute atomic E-state index is 0.281. The predicted octanol–water partition coefficient (Wildman–Crippen LogP) is 0.828. The molecule has 0 bridgehead atoms. The second-order valence-electron chi connectivity index (χ2n) is 4.63. The van der Waals surface area contributed by atoms with Crippen LogP contribution in [-0.4, -0.2) is 33.9 Å². The number of aromatic nitrogens is 4. The zero-order valence-electron chi connectivity index (χ0n) is 10.4. The van der Waals surface area contributed by atoms with Crippen molar-refractivity contribution in [3.8, 4) is 0 Å². The van der Waals surface area contributed by atoms with Crippen molar-refractivity contribution in [3.63, 3.8) is 0 Å². The molecule has 2 N–H and O–H groups in total. The first-order valence-corrected chi connectivity index (χ1v) is 6.34. The lowest BCUT2D eigenvalue weighted by Crippen LogP contribution is -2.35. The molecule has 1 heterocycles. The average molecular weight is 239 g/mol. The molecule has 6 nitrogen and oxygen atoms in total. The van der Waals surface area contributed by atoms with Crippen LogP contribution in [0, 0.1) is 0 Å². The van der Waals surface area contributed by atoms with Gasteiger partial charge < -0.3 is 10.5 Å². The van der Waals surface area contributed by atoms with Crippen LogP contribution in [0.2, 0.25) is 0 Å². The minimum atomic E-state index is -0.281. The van der Waals surface area contributed by atoms with Crippen LogP contribution in [0.25, 0.3) is 0 Å². The van der Waals surface area contributed by atoms with Crippen LogP contribution in [0.4, 0.5) is 0 Å². The normalized spacial score (nSPS) is 19.4. The summed E-state index contributed by atoms with van der Waals surface area (Å²) in [6, 6.07) is 0. The lowest BCUT2D eigenvalue weighted by atomic mass is 9.84. The van der Waals surface area contributed by atoms with Gasteiger partial charge in [0.1, 0.15) is 5.60 Å². The van der Waals surface area contributed by atoms with Gasteiger partial charge in [0.2, 0.25) is 0 Å². The second-order valence-corrected chi connectivity index (χ2v) is 4.63. The third-order valence-corrected chi connectivity index (χ3v) is 3.57. The largest absolute Gasteiger partial charge is 0.370 e. The summed E-state index contributed by atoms with van der Waals surface area (Å²) in [5.74, 6) is 0.869. The SMILES string of the molecule is COC1(c2nnnn2CCCN)CCCCC1. The van der Waals surface area contributed by atoms with Crippen LogP contribution in [0.5, 0.6) is 0 Å². The fourth-order valence-electron chi connectivity index (χ4n) is 2.56. The molecule has 2 rings (SSSR count). The molecular weight excluding hydrogens is 218 g/mol. The molecule has 96 valence electrons. The molecule has 6 heteroatoms. The van der Waals surface area contributed by atoms with E-state index in [1.54, 1.807) is 7.11 Å². The molecule has 0 atom stereocenters. The van der Waals surface area contributed by atoms with Gasteiger partial charge in [0.25, 0.3) is 0 Å². The van der Waals surface area contributed by atoms with Gasteiger partial charge in [-0.2, -0.15) is 0 Å². The van der Waals surface area contributed by atoms with Crippen LogP contribution < -0.4 is 5.73 Å². The number of hydrogen-bond acceptors (Lipinski definition) is 5. The molecular formula is C11H21N5O. The van der Waals surface area contributed by atoms with Gasteiger partial charge >= 0.3 is 0 Å². The average Bonchev–Trinajstić information content (AvgIpc) is 2.86.